The van der Waals surface area contributed by atoms with Gasteiger partial charge in [-0.2, -0.15) is 5.10 Å². The molecule has 30 heavy (non-hydrogen) atoms. The molecule has 1 saturated carbocycles. The number of hydrogen-bond acceptors (Lipinski definition) is 7. The molecular formula is C21H21N5O4. The van der Waals surface area contributed by atoms with Crippen molar-refractivity contribution >= 4 is 5.91 Å². The molecule has 2 aromatic heterocycles. The minimum atomic E-state index is -0.162. The summed E-state index contributed by atoms with van der Waals surface area (Å²) < 4.78 is 16.5. The van der Waals surface area contributed by atoms with Gasteiger partial charge < -0.3 is 19.5 Å². The Balaban J connectivity index is 1.16. The Labute approximate surface area is 172 Å². The maximum absolute atomic E-state index is 12.6. The number of rotatable bonds is 5. The number of nitrogens with one attached hydrogen (secondary N) is 2. The molecule has 0 saturated heterocycles. The van der Waals surface area contributed by atoms with Crippen LogP contribution in [0.2, 0.25) is 0 Å². The minimum Gasteiger partial charge on any atom is -0.460 e. The molecule has 2 aliphatic rings. The maximum atomic E-state index is 12.6. The van der Waals surface area contributed by atoms with E-state index in [-0.39, 0.29) is 24.8 Å². The third-order valence-corrected chi connectivity index (χ3v) is 5.31. The summed E-state index contributed by atoms with van der Waals surface area (Å²) >= 11 is 0. The van der Waals surface area contributed by atoms with Crippen molar-refractivity contribution in [3.63, 3.8) is 0 Å². The van der Waals surface area contributed by atoms with Crippen molar-refractivity contribution in [1.82, 2.24) is 25.5 Å². The number of ether oxygens (including phenoxy) is 3. The molecular weight excluding hydrogens is 386 g/mol. The highest BCUT2D eigenvalue weighted by molar-refractivity contribution is 5.93. The zero-order chi connectivity index (χ0) is 20.3. The summed E-state index contributed by atoms with van der Waals surface area (Å²) in [6.45, 7) is 0.221. The standard InChI is InChI=1S/C21H21N5O4/c27-20(24-14-3-5-15(6-4-14)30-21-22-8-1-9-23-21)17-11-16(25-26-17)13-2-7-18-19(10-13)29-12-28-18/h1-2,7-11,14-15H,3-6,12H2,(H,24,27)(H,25,26). The molecule has 3 aromatic rings. The lowest BCUT2D eigenvalue weighted by atomic mass is 9.93. The smallest absolute Gasteiger partial charge is 0.316 e. The molecule has 0 bridgehead atoms. The van der Waals surface area contributed by atoms with Gasteiger partial charge in [0.05, 0.1) is 5.69 Å². The van der Waals surface area contributed by atoms with Crippen molar-refractivity contribution in [3.8, 4) is 28.8 Å². The van der Waals surface area contributed by atoms with Gasteiger partial charge in [-0.05, 0) is 56.0 Å². The first-order valence-corrected chi connectivity index (χ1v) is 9.94. The predicted molar refractivity (Wildman–Crippen MR) is 106 cm³/mol. The van der Waals surface area contributed by atoms with Crippen LogP contribution in [0.25, 0.3) is 11.3 Å². The molecule has 1 aliphatic heterocycles. The van der Waals surface area contributed by atoms with E-state index < -0.39 is 0 Å². The van der Waals surface area contributed by atoms with E-state index in [0.29, 0.717) is 28.9 Å². The molecule has 5 rings (SSSR count). The number of hydrogen-bond donors (Lipinski definition) is 2. The average molecular weight is 407 g/mol. The SMILES string of the molecule is O=C(NC1CCC(Oc2ncccn2)CC1)c1cc(-c2ccc3c(c2)OCO3)n[nH]1. The number of H-pyrrole nitrogens is 1. The third-order valence-electron chi connectivity index (χ3n) is 5.31. The number of fused-ring (bicyclic) bond motifs is 1. The Bertz CT molecular complexity index is 1030. The number of carbonyl (C=O) groups excluding carboxylic acids is 1. The number of aromatic amines is 1. The van der Waals surface area contributed by atoms with Gasteiger partial charge >= 0.3 is 6.01 Å². The fourth-order valence-electron chi connectivity index (χ4n) is 3.73. The van der Waals surface area contributed by atoms with E-state index in [1.54, 1.807) is 24.5 Å². The van der Waals surface area contributed by atoms with Crippen molar-refractivity contribution in [2.45, 2.75) is 37.8 Å². The second kappa shape index (κ2) is 8.02. The van der Waals surface area contributed by atoms with Gasteiger partial charge in [0.15, 0.2) is 11.5 Å². The Hall–Kier alpha value is -3.62. The van der Waals surface area contributed by atoms with Crippen LogP contribution in [0.5, 0.6) is 17.5 Å². The van der Waals surface area contributed by atoms with Gasteiger partial charge in [-0.1, -0.05) is 0 Å². The number of benzene rings is 1. The normalized spacial score (nSPS) is 20.0. The van der Waals surface area contributed by atoms with Gasteiger partial charge in [0.2, 0.25) is 6.79 Å². The summed E-state index contributed by atoms with van der Waals surface area (Å²) in [7, 11) is 0. The first-order chi connectivity index (χ1) is 14.7. The quantitative estimate of drug-likeness (QED) is 0.669. The molecule has 0 radical (unpaired) electrons. The van der Waals surface area contributed by atoms with Crippen LogP contribution in [0.4, 0.5) is 0 Å². The average Bonchev–Trinajstić information content (AvgIpc) is 3.45. The van der Waals surface area contributed by atoms with Crippen molar-refractivity contribution < 1.29 is 19.0 Å². The zero-order valence-electron chi connectivity index (χ0n) is 16.2. The predicted octanol–water partition coefficient (Wildman–Crippen LogP) is 2.72. The lowest BCUT2D eigenvalue weighted by Crippen LogP contribution is -2.40. The molecule has 0 unspecified atom stereocenters. The van der Waals surface area contributed by atoms with Gasteiger partial charge in [0.1, 0.15) is 11.8 Å². The van der Waals surface area contributed by atoms with Crippen molar-refractivity contribution in [3.05, 3.63) is 48.4 Å². The molecule has 1 aromatic carbocycles. The molecule has 0 spiro atoms. The van der Waals surface area contributed by atoms with Crippen LogP contribution in [-0.2, 0) is 0 Å². The van der Waals surface area contributed by atoms with Crippen molar-refractivity contribution in [1.29, 1.82) is 0 Å². The third kappa shape index (κ3) is 3.91. The van der Waals surface area contributed by atoms with E-state index in [0.717, 1.165) is 31.2 Å². The highest BCUT2D eigenvalue weighted by Crippen LogP contribution is 2.35. The molecule has 3 heterocycles. The van der Waals surface area contributed by atoms with Crippen molar-refractivity contribution in [2.75, 3.05) is 6.79 Å². The number of carbonyl (C=O) groups is 1. The van der Waals surface area contributed by atoms with E-state index in [1.807, 2.05) is 18.2 Å². The molecule has 1 fully saturated rings. The van der Waals surface area contributed by atoms with Crippen LogP contribution in [-0.4, -0.2) is 45.0 Å². The second-order valence-electron chi connectivity index (χ2n) is 7.33. The molecule has 154 valence electrons. The fourth-order valence-corrected chi connectivity index (χ4v) is 3.73. The van der Waals surface area contributed by atoms with E-state index >= 15 is 0 Å². The molecule has 9 nitrogen and oxygen atoms in total. The largest absolute Gasteiger partial charge is 0.460 e. The fraction of sp³-hybridized carbons (Fsp3) is 0.333. The highest BCUT2D eigenvalue weighted by Gasteiger charge is 2.25. The Morgan fingerprint density at radius 1 is 1.07 bits per heavy atom. The highest BCUT2D eigenvalue weighted by atomic mass is 16.7. The zero-order valence-corrected chi connectivity index (χ0v) is 16.2. The van der Waals surface area contributed by atoms with Crippen LogP contribution >= 0.6 is 0 Å². The second-order valence-corrected chi connectivity index (χ2v) is 7.33. The summed E-state index contributed by atoms with van der Waals surface area (Å²) in [5, 5.41) is 10.2. The molecule has 1 aliphatic carbocycles. The molecule has 2 N–H and O–H groups in total. The summed E-state index contributed by atoms with van der Waals surface area (Å²) in [6, 6.07) is 9.60. The number of amides is 1. The monoisotopic (exact) mass is 407 g/mol. The lowest BCUT2D eigenvalue weighted by molar-refractivity contribution is 0.0880. The van der Waals surface area contributed by atoms with Gasteiger partial charge in [-0.15, -0.1) is 0 Å². The van der Waals surface area contributed by atoms with E-state index in [2.05, 4.69) is 25.5 Å². The number of nitrogens with zero attached hydrogens (tertiary/aromatic N) is 3. The molecule has 9 heteroatoms. The van der Waals surface area contributed by atoms with E-state index in [1.165, 1.54) is 0 Å². The van der Waals surface area contributed by atoms with Crippen LogP contribution in [0.1, 0.15) is 36.2 Å². The Morgan fingerprint density at radius 2 is 1.87 bits per heavy atom. The Morgan fingerprint density at radius 3 is 2.70 bits per heavy atom. The maximum Gasteiger partial charge on any atom is 0.316 e. The summed E-state index contributed by atoms with van der Waals surface area (Å²) in [6.07, 6.45) is 6.76. The van der Waals surface area contributed by atoms with E-state index in [9.17, 15) is 4.79 Å². The number of aromatic nitrogens is 4. The molecule has 0 atom stereocenters. The van der Waals surface area contributed by atoms with E-state index in [4.69, 9.17) is 14.2 Å². The first kappa shape index (κ1) is 18.4. The lowest BCUT2D eigenvalue weighted by Gasteiger charge is -2.28. The summed E-state index contributed by atoms with van der Waals surface area (Å²) in [4.78, 5) is 20.8. The van der Waals surface area contributed by atoms with Gasteiger partial charge in [0.25, 0.3) is 5.91 Å². The topological polar surface area (TPSA) is 111 Å². The minimum absolute atomic E-state index is 0.0744. The first-order valence-electron chi connectivity index (χ1n) is 9.94. The van der Waals surface area contributed by atoms with Crippen LogP contribution in [0.15, 0.2) is 42.7 Å². The van der Waals surface area contributed by atoms with Gasteiger partial charge in [-0.3, -0.25) is 9.89 Å². The molecule has 1 amide bonds. The van der Waals surface area contributed by atoms with Gasteiger partial charge in [-0.25, -0.2) is 9.97 Å². The summed E-state index contributed by atoms with van der Waals surface area (Å²) in [5.41, 5.74) is 1.97. The van der Waals surface area contributed by atoms with Crippen LogP contribution < -0.4 is 19.5 Å². The van der Waals surface area contributed by atoms with Gasteiger partial charge in [0, 0.05) is 24.0 Å². The summed E-state index contributed by atoms with van der Waals surface area (Å²) in [5.74, 6) is 1.23. The Kier molecular flexibility index (Phi) is 4.92. The van der Waals surface area contributed by atoms with Crippen LogP contribution in [0, 0.1) is 0 Å². The van der Waals surface area contributed by atoms with Crippen molar-refractivity contribution in [2.24, 2.45) is 0 Å². The van der Waals surface area contributed by atoms with Crippen LogP contribution in [0.3, 0.4) is 0 Å².